The molecule has 2 atom stereocenters. The fourth-order valence-electron chi connectivity index (χ4n) is 3.22. The standard InChI is InChI=1S/C18H28N2O/c1-3-20(4-2)18(21)17-14-16(12-13-19-17)11-10-15-8-6-5-7-9-15/h5-9,16-17,19H,3-4,10-14H2,1-2H3. The van der Waals surface area contributed by atoms with Crippen LogP contribution in [0.4, 0.5) is 0 Å². The minimum Gasteiger partial charge on any atom is -0.342 e. The van der Waals surface area contributed by atoms with Crippen LogP contribution in [0.1, 0.15) is 38.7 Å². The Labute approximate surface area is 128 Å². The van der Waals surface area contributed by atoms with Gasteiger partial charge in [-0.15, -0.1) is 0 Å². The maximum absolute atomic E-state index is 12.4. The number of nitrogens with zero attached hydrogens (tertiary/aromatic N) is 1. The van der Waals surface area contributed by atoms with Crippen molar-refractivity contribution in [2.24, 2.45) is 5.92 Å². The Kier molecular flexibility index (Phi) is 6.24. The zero-order valence-corrected chi connectivity index (χ0v) is 13.3. The molecule has 116 valence electrons. The third-order valence-corrected chi connectivity index (χ3v) is 4.57. The van der Waals surface area contributed by atoms with Crippen LogP contribution in [0.25, 0.3) is 0 Å². The maximum Gasteiger partial charge on any atom is 0.239 e. The van der Waals surface area contributed by atoms with Gasteiger partial charge < -0.3 is 10.2 Å². The Morgan fingerprint density at radius 3 is 2.62 bits per heavy atom. The van der Waals surface area contributed by atoms with Gasteiger partial charge in [0.25, 0.3) is 0 Å². The number of piperidine rings is 1. The number of carbonyl (C=O) groups is 1. The van der Waals surface area contributed by atoms with Crippen molar-refractivity contribution in [2.45, 2.75) is 45.6 Å². The molecule has 2 rings (SSSR count). The van der Waals surface area contributed by atoms with Crippen LogP contribution in [0, 0.1) is 5.92 Å². The van der Waals surface area contributed by atoms with Crippen molar-refractivity contribution < 1.29 is 4.79 Å². The van der Waals surface area contributed by atoms with Gasteiger partial charge in [-0.05, 0) is 57.6 Å². The number of carbonyl (C=O) groups excluding carboxylic acids is 1. The summed E-state index contributed by atoms with van der Waals surface area (Å²) in [5.74, 6) is 0.945. The molecule has 3 nitrogen and oxygen atoms in total. The number of likely N-dealkylation sites (N-methyl/N-ethyl adjacent to an activating group) is 1. The van der Waals surface area contributed by atoms with E-state index >= 15 is 0 Å². The van der Waals surface area contributed by atoms with E-state index in [1.807, 2.05) is 4.90 Å². The SMILES string of the molecule is CCN(CC)C(=O)C1CC(CCc2ccccc2)CCN1. The van der Waals surface area contributed by atoms with E-state index in [4.69, 9.17) is 0 Å². The van der Waals surface area contributed by atoms with Crippen molar-refractivity contribution in [3.63, 3.8) is 0 Å². The number of rotatable bonds is 6. The summed E-state index contributed by atoms with van der Waals surface area (Å²) in [5.41, 5.74) is 1.41. The summed E-state index contributed by atoms with van der Waals surface area (Å²) in [4.78, 5) is 14.4. The number of aryl methyl sites for hydroxylation is 1. The van der Waals surface area contributed by atoms with Gasteiger partial charge in [0.2, 0.25) is 5.91 Å². The van der Waals surface area contributed by atoms with Gasteiger partial charge in [0, 0.05) is 13.1 Å². The van der Waals surface area contributed by atoms with Gasteiger partial charge in [-0.3, -0.25) is 4.79 Å². The van der Waals surface area contributed by atoms with Crippen LogP contribution in [0.5, 0.6) is 0 Å². The largest absolute Gasteiger partial charge is 0.342 e. The molecule has 0 saturated carbocycles. The highest BCUT2D eigenvalue weighted by atomic mass is 16.2. The fourth-order valence-corrected chi connectivity index (χ4v) is 3.22. The molecule has 0 bridgehead atoms. The zero-order chi connectivity index (χ0) is 15.1. The smallest absolute Gasteiger partial charge is 0.239 e. The Bertz CT molecular complexity index is 428. The molecule has 1 aliphatic rings. The summed E-state index contributed by atoms with van der Waals surface area (Å²) in [6.45, 7) is 6.69. The topological polar surface area (TPSA) is 32.3 Å². The molecule has 3 heteroatoms. The van der Waals surface area contributed by atoms with E-state index in [2.05, 4.69) is 49.5 Å². The first kappa shape index (κ1) is 16.0. The molecule has 1 saturated heterocycles. The summed E-state index contributed by atoms with van der Waals surface area (Å²) in [5, 5.41) is 3.40. The zero-order valence-electron chi connectivity index (χ0n) is 13.3. The van der Waals surface area contributed by atoms with Crippen LogP contribution < -0.4 is 5.32 Å². The second kappa shape index (κ2) is 8.18. The highest BCUT2D eigenvalue weighted by Crippen LogP contribution is 2.23. The van der Waals surface area contributed by atoms with E-state index < -0.39 is 0 Å². The van der Waals surface area contributed by atoms with Crippen LogP contribution in [0.2, 0.25) is 0 Å². The highest BCUT2D eigenvalue weighted by molar-refractivity contribution is 5.82. The van der Waals surface area contributed by atoms with Crippen molar-refractivity contribution in [1.82, 2.24) is 10.2 Å². The first-order chi connectivity index (χ1) is 10.2. The Morgan fingerprint density at radius 2 is 1.95 bits per heavy atom. The molecule has 0 aliphatic carbocycles. The molecular weight excluding hydrogens is 260 g/mol. The van der Waals surface area contributed by atoms with Gasteiger partial charge in [-0.2, -0.15) is 0 Å². The fraction of sp³-hybridized carbons (Fsp3) is 0.611. The van der Waals surface area contributed by atoms with Gasteiger partial charge in [0.15, 0.2) is 0 Å². The second-order valence-electron chi connectivity index (χ2n) is 5.93. The molecule has 1 amide bonds. The Hall–Kier alpha value is -1.35. The normalized spacial score (nSPS) is 22.0. The summed E-state index contributed by atoms with van der Waals surface area (Å²) < 4.78 is 0. The van der Waals surface area contributed by atoms with Crippen molar-refractivity contribution in [2.75, 3.05) is 19.6 Å². The first-order valence-electron chi connectivity index (χ1n) is 8.30. The minimum atomic E-state index is 0.0272. The lowest BCUT2D eigenvalue weighted by Crippen LogP contribution is -2.50. The third kappa shape index (κ3) is 4.57. The third-order valence-electron chi connectivity index (χ3n) is 4.57. The quantitative estimate of drug-likeness (QED) is 0.873. The van der Waals surface area contributed by atoms with Crippen molar-refractivity contribution >= 4 is 5.91 Å². The van der Waals surface area contributed by atoms with Crippen molar-refractivity contribution in [1.29, 1.82) is 0 Å². The van der Waals surface area contributed by atoms with Gasteiger partial charge in [-0.25, -0.2) is 0 Å². The van der Waals surface area contributed by atoms with Gasteiger partial charge in [-0.1, -0.05) is 30.3 Å². The Morgan fingerprint density at radius 1 is 1.24 bits per heavy atom. The lowest BCUT2D eigenvalue weighted by Gasteiger charge is -2.33. The molecule has 21 heavy (non-hydrogen) atoms. The molecule has 1 N–H and O–H groups in total. The molecule has 1 aliphatic heterocycles. The average Bonchev–Trinajstić information content (AvgIpc) is 2.55. The first-order valence-corrected chi connectivity index (χ1v) is 8.30. The van der Waals surface area contributed by atoms with E-state index in [1.54, 1.807) is 0 Å². The number of amides is 1. The summed E-state index contributed by atoms with van der Waals surface area (Å²) in [7, 11) is 0. The van der Waals surface area contributed by atoms with E-state index in [0.717, 1.165) is 32.5 Å². The summed E-state index contributed by atoms with van der Waals surface area (Å²) in [6.07, 6.45) is 4.49. The number of nitrogens with one attached hydrogen (secondary N) is 1. The number of hydrogen-bond acceptors (Lipinski definition) is 2. The van der Waals surface area contributed by atoms with Crippen molar-refractivity contribution in [3.8, 4) is 0 Å². The van der Waals surface area contributed by atoms with Crippen LogP contribution in [0.15, 0.2) is 30.3 Å². The van der Waals surface area contributed by atoms with Gasteiger partial charge in [0.1, 0.15) is 0 Å². The molecule has 1 aromatic carbocycles. The van der Waals surface area contributed by atoms with Crippen molar-refractivity contribution in [3.05, 3.63) is 35.9 Å². The second-order valence-corrected chi connectivity index (χ2v) is 5.93. The monoisotopic (exact) mass is 288 g/mol. The predicted octanol–water partition coefficient (Wildman–Crippen LogP) is 2.86. The van der Waals surface area contributed by atoms with E-state index in [0.29, 0.717) is 5.92 Å². The molecular formula is C18H28N2O. The molecule has 2 unspecified atom stereocenters. The van der Waals surface area contributed by atoms with Crippen LogP contribution in [0.3, 0.4) is 0 Å². The molecule has 1 fully saturated rings. The van der Waals surface area contributed by atoms with E-state index in [-0.39, 0.29) is 11.9 Å². The lowest BCUT2D eigenvalue weighted by atomic mass is 9.87. The van der Waals surface area contributed by atoms with E-state index in [1.165, 1.54) is 18.4 Å². The molecule has 1 aromatic rings. The highest BCUT2D eigenvalue weighted by Gasteiger charge is 2.28. The maximum atomic E-state index is 12.4. The van der Waals surface area contributed by atoms with Gasteiger partial charge >= 0.3 is 0 Å². The van der Waals surface area contributed by atoms with E-state index in [9.17, 15) is 4.79 Å². The molecule has 0 aromatic heterocycles. The molecule has 0 radical (unpaired) electrons. The number of hydrogen-bond donors (Lipinski definition) is 1. The van der Waals surface area contributed by atoms with Crippen LogP contribution >= 0.6 is 0 Å². The summed E-state index contributed by atoms with van der Waals surface area (Å²) >= 11 is 0. The van der Waals surface area contributed by atoms with Crippen LogP contribution in [-0.4, -0.2) is 36.5 Å². The number of benzene rings is 1. The summed E-state index contributed by atoms with van der Waals surface area (Å²) in [6, 6.07) is 10.7. The minimum absolute atomic E-state index is 0.0272. The average molecular weight is 288 g/mol. The Balaban J connectivity index is 1.84. The van der Waals surface area contributed by atoms with Crippen LogP contribution in [-0.2, 0) is 11.2 Å². The lowest BCUT2D eigenvalue weighted by molar-refractivity contribution is -0.134. The predicted molar refractivity (Wildman–Crippen MR) is 87.2 cm³/mol. The molecule has 0 spiro atoms. The molecule has 1 heterocycles. The van der Waals surface area contributed by atoms with Gasteiger partial charge in [0.05, 0.1) is 6.04 Å².